The number of hydrogen-bond donors (Lipinski definition) is 1. The lowest BCUT2D eigenvalue weighted by atomic mass is 10.1. The third kappa shape index (κ3) is 3.08. The van der Waals surface area contributed by atoms with Crippen LogP contribution in [0.15, 0.2) is 81.7 Å². The van der Waals surface area contributed by atoms with Crippen LogP contribution in [-0.4, -0.2) is 5.91 Å². The van der Waals surface area contributed by atoms with Crippen molar-refractivity contribution in [3.8, 4) is 0 Å². The number of nitrogens with one attached hydrogen (secondary N) is 1. The summed E-state index contributed by atoms with van der Waals surface area (Å²) in [6, 6.07) is 23.7. The third-order valence-corrected chi connectivity index (χ3v) is 5.48. The highest BCUT2D eigenvalue weighted by atomic mass is 79.9. The summed E-state index contributed by atoms with van der Waals surface area (Å²) in [7, 11) is 0. The molecule has 0 unspecified atom stereocenters. The van der Waals surface area contributed by atoms with Gasteiger partial charge in [-0.25, -0.2) is 0 Å². The molecule has 0 spiro atoms. The van der Waals surface area contributed by atoms with Crippen LogP contribution in [0.2, 0.25) is 0 Å². The van der Waals surface area contributed by atoms with Crippen molar-refractivity contribution < 1.29 is 4.79 Å². The number of hydrogen-bond acceptors (Lipinski definition) is 1. The van der Waals surface area contributed by atoms with E-state index < -0.39 is 0 Å². The minimum absolute atomic E-state index is 0.126. The molecule has 0 heterocycles. The standard InChI is InChI=1S/C21H13Br2NO/c22-18-12-19(23)20(17-8-4-3-7-16(17)18)24-21(25)15-10-9-13-5-1-2-6-14(13)11-15/h1-12H,(H,24,25). The summed E-state index contributed by atoms with van der Waals surface area (Å²) in [6.45, 7) is 0. The zero-order valence-corrected chi connectivity index (χ0v) is 16.3. The van der Waals surface area contributed by atoms with E-state index in [0.717, 1.165) is 36.2 Å². The van der Waals surface area contributed by atoms with Crippen LogP contribution in [0.25, 0.3) is 21.5 Å². The van der Waals surface area contributed by atoms with Crippen molar-refractivity contribution in [2.75, 3.05) is 5.32 Å². The Morgan fingerprint density at radius 2 is 1.40 bits per heavy atom. The second kappa shape index (κ2) is 6.62. The van der Waals surface area contributed by atoms with E-state index in [1.54, 1.807) is 0 Å². The first-order valence-corrected chi connectivity index (χ1v) is 9.39. The Hall–Kier alpha value is -2.17. The molecule has 1 N–H and O–H groups in total. The van der Waals surface area contributed by atoms with E-state index in [2.05, 4.69) is 37.2 Å². The maximum Gasteiger partial charge on any atom is 0.255 e. The Morgan fingerprint density at radius 3 is 2.20 bits per heavy atom. The van der Waals surface area contributed by atoms with Gasteiger partial charge in [-0.15, -0.1) is 0 Å². The molecule has 4 aromatic rings. The number of amides is 1. The molecule has 0 aliphatic carbocycles. The van der Waals surface area contributed by atoms with Crippen LogP contribution in [0.4, 0.5) is 5.69 Å². The fourth-order valence-electron chi connectivity index (χ4n) is 2.94. The molecule has 0 aromatic heterocycles. The van der Waals surface area contributed by atoms with E-state index >= 15 is 0 Å². The van der Waals surface area contributed by atoms with Crippen LogP contribution < -0.4 is 5.32 Å². The van der Waals surface area contributed by atoms with Crippen molar-refractivity contribution in [3.63, 3.8) is 0 Å². The lowest BCUT2D eigenvalue weighted by Crippen LogP contribution is -2.12. The van der Waals surface area contributed by atoms with Crippen LogP contribution in [0.5, 0.6) is 0 Å². The van der Waals surface area contributed by atoms with Gasteiger partial charge in [0.2, 0.25) is 0 Å². The maximum atomic E-state index is 12.8. The second-order valence-corrected chi connectivity index (χ2v) is 7.49. The van der Waals surface area contributed by atoms with Crippen LogP contribution in [0.3, 0.4) is 0 Å². The molecular formula is C21H13Br2NO. The topological polar surface area (TPSA) is 29.1 Å². The molecule has 122 valence electrons. The quantitative estimate of drug-likeness (QED) is 0.355. The Kier molecular flexibility index (Phi) is 4.32. The molecule has 0 saturated heterocycles. The summed E-state index contributed by atoms with van der Waals surface area (Å²) in [6.07, 6.45) is 0. The Bertz CT molecular complexity index is 1120. The Balaban J connectivity index is 1.76. The van der Waals surface area contributed by atoms with Crippen molar-refractivity contribution in [2.24, 2.45) is 0 Å². The van der Waals surface area contributed by atoms with Gasteiger partial charge in [-0.05, 0) is 50.3 Å². The minimum atomic E-state index is -0.126. The highest BCUT2D eigenvalue weighted by Crippen LogP contribution is 2.37. The SMILES string of the molecule is O=C(Nc1c(Br)cc(Br)c2ccccc12)c1ccc2ccccc2c1. The summed E-state index contributed by atoms with van der Waals surface area (Å²) >= 11 is 7.14. The van der Waals surface area contributed by atoms with Gasteiger partial charge in [-0.1, -0.05) is 70.5 Å². The number of rotatable bonds is 2. The van der Waals surface area contributed by atoms with E-state index in [-0.39, 0.29) is 5.91 Å². The fraction of sp³-hybridized carbons (Fsp3) is 0. The summed E-state index contributed by atoms with van der Waals surface area (Å²) in [5, 5.41) is 7.26. The van der Waals surface area contributed by atoms with E-state index in [4.69, 9.17) is 0 Å². The molecule has 0 fully saturated rings. The maximum absolute atomic E-state index is 12.8. The van der Waals surface area contributed by atoms with Crippen molar-refractivity contribution in [2.45, 2.75) is 0 Å². The number of carbonyl (C=O) groups is 1. The Labute approximate surface area is 162 Å². The van der Waals surface area contributed by atoms with E-state index in [9.17, 15) is 4.79 Å². The van der Waals surface area contributed by atoms with Crippen molar-refractivity contribution in [1.82, 2.24) is 0 Å². The molecule has 25 heavy (non-hydrogen) atoms. The Morgan fingerprint density at radius 1 is 0.720 bits per heavy atom. The molecule has 0 aliphatic heterocycles. The van der Waals surface area contributed by atoms with Gasteiger partial charge < -0.3 is 5.32 Å². The first kappa shape index (κ1) is 16.3. The smallest absolute Gasteiger partial charge is 0.255 e. The van der Waals surface area contributed by atoms with Gasteiger partial charge in [0.05, 0.1) is 5.69 Å². The summed E-state index contributed by atoms with van der Waals surface area (Å²) < 4.78 is 1.82. The zero-order chi connectivity index (χ0) is 17.4. The molecule has 0 bridgehead atoms. The molecule has 0 radical (unpaired) electrons. The van der Waals surface area contributed by atoms with E-state index in [1.807, 2.05) is 72.8 Å². The average molecular weight is 455 g/mol. The molecule has 1 amide bonds. The van der Waals surface area contributed by atoms with Crippen LogP contribution in [-0.2, 0) is 0 Å². The molecule has 4 rings (SSSR count). The monoisotopic (exact) mass is 453 g/mol. The fourth-order valence-corrected chi connectivity index (χ4v) is 4.37. The predicted octanol–water partition coefficient (Wildman–Crippen LogP) is 6.77. The normalized spacial score (nSPS) is 11.0. The lowest BCUT2D eigenvalue weighted by Gasteiger charge is -2.13. The molecule has 0 atom stereocenters. The van der Waals surface area contributed by atoms with Crippen LogP contribution in [0, 0.1) is 0 Å². The average Bonchev–Trinajstić information content (AvgIpc) is 2.64. The minimum Gasteiger partial charge on any atom is -0.320 e. The molecule has 2 nitrogen and oxygen atoms in total. The van der Waals surface area contributed by atoms with Crippen molar-refractivity contribution in [3.05, 3.63) is 87.3 Å². The van der Waals surface area contributed by atoms with E-state index in [1.165, 1.54) is 0 Å². The number of halogens is 2. The molecule has 0 saturated carbocycles. The van der Waals surface area contributed by atoms with Crippen LogP contribution in [0.1, 0.15) is 10.4 Å². The van der Waals surface area contributed by atoms with Crippen LogP contribution >= 0.6 is 31.9 Å². The van der Waals surface area contributed by atoms with Gasteiger partial charge in [0.1, 0.15) is 0 Å². The molecular weight excluding hydrogens is 442 g/mol. The highest BCUT2D eigenvalue weighted by Gasteiger charge is 2.13. The highest BCUT2D eigenvalue weighted by molar-refractivity contribution is 9.11. The summed E-state index contributed by atoms with van der Waals surface area (Å²) in [5.74, 6) is -0.126. The van der Waals surface area contributed by atoms with Crippen molar-refractivity contribution >= 4 is 65.0 Å². The molecule has 4 heteroatoms. The first-order valence-electron chi connectivity index (χ1n) is 7.80. The predicted molar refractivity (Wildman–Crippen MR) is 111 cm³/mol. The van der Waals surface area contributed by atoms with Gasteiger partial charge in [0.15, 0.2) is 0 Å². The van der Waals surface area contributed by atoms with Gasteiger partial charge in [-0.3, -0.25) is 4.79 Å². The number of anilines is 1. The van der Waals surface area contributed by atoms with Gasteiger partial charge >= 0.3 is 0 Å². The number of fused-ring (bicyclic) bond motifs is 2. The van der Waals surface area contributed by atoms with Crippen molar-refractivity contribution in [1.29, 1.82) is 0 Å². The third-order valence-electron chi connectivity index (χ3n) is 4.20. The number of carbonyl (C=O) groups excluding carboxylic acids is 1. The van der Waals surface area contributed by atoms with Gasteiger partial charge in [-0.2, -0.15) is 0 Å². The summed E-state index contributed by atoms with van der Waals surface area (Å²) in [5.41, 5.74) is 1.41. The largest absolute Gasteiger partial charge is 0.320 e. The number of benzene rings is 4. The summed E-state index contributed by atoms with van der Waals surface area (Å²) in [4.78, 5) is 12.8. The van der Waals surface area contributed by atoms with Gasteiger partial charge in [0, 0.05) is 19.9 Å². The zero-order valence-electron chi connectivity index (χ0n) is 13.1. The van der Waals surface area contributed by atoms with E-state index in [0.29, 0.717) is 5.56 Å². The molecule has 4 aromatic carbocycles. The first-order chi connectivity index (χ1) is 12.1. The second-order valence-electron chi connectivity index (χ2n) is 5.78. The lowest BCUT2D eigenvalue weighted by molar-refractivity contribution is 0.102. The molecule has 0 aliphatic rings. The van der Waals surface area contributed by atoms with Gasteiger partial charge in [0.25, 0.3) is 5.91 Å².